The fourth-order valence-electron chi connectivity index (χ4n) is 3.38. The Kier molecular flexibility index (Phi) is 5.51. The third kappa shape index (κ3) is 4.10. The molecule has 0 bridgehead atoms. The smallest absolute Gasteiger partial charge is 0.213 e. The summed E-state index contributed by atoms with van der Waals surface area (Å²) in [6, 6.07) is 10.1. The molecule has 1 atom stereocenters. The fourth-order valence-corrected chi connectivity index (χ4v) is 4.30. The minimum absolute atomic E-state index is 0.219. The van der Waals surface area contributed by atoms with Gasteiger partial charge < -0.3 is 4.57 Å². The highest BCUT2D eigenvalue weighted by atomic mass is 35.5. The van der Waals surface area contributed by atoms with Gasteiger partial charge in [-0.2, -0.15) is 0 Å². The molecule has 3 heterocycles. The van der Waals surface area contributed by atoms with Gasteiger partial charge in [-0.05, 0) is 48.5 Å². The van der Waals surface area contributed by atoms with Gasteiger partial charge in [-0.1, -0.05) is 44.5 Å². The van der Waals surface area contributed by atoms with Crippen molar-refractivity contribution >= 4 is 45.6 Å². The summed E-state index contributed by atoms with van der Waals surface area (Å²) in [5.74, 6) is 0.849. The maximum atomic E-state index is 6.48. The summed E-state index contributed by atoms with van der Waals surface area (Å²) in [5.41, 5.74) is 3.07. The minimum Gasteiger partial charge on any atom is -0.310 e. The van der Waals surface area contributed by atoms with Gasteiger partial charge in [-0.3, -0.25) is 10.2 Å². The van der Waals surface area contributed by atoms with E-state index in [9.17, 15) is 0 Å². The summed E-state index contributed by atoms with van der Waals surface area (Å²) in [5, 5.41) is 6.05. The van der Waals surface area contributed by atoms with E-state index in [1.807, 2.05) is 25.2 Å². The number of hydrogen-bond donors (Lipinski definition) is 1. The summed E-state index contributed by atoms with van der Waals surface area (Å²) < 4.78 is 2.26. The first-order valence-electron chi connectivity index (χ1n) is 9.77. The molecule has 3 aromatic rings. The maximum Gasteiger partial charge on any atom is 0.213 e. The van der Waals surface area contributed by atoms with Crippen LogP contribution in [0, 0.1) is 5.41 Å². The molecule has 0 saturated heterocycles. The van der Waals surface area contributed by atoms with Crippen LogP contribution in [-0.2, 0) is 6.54 Å². The number of aliphatic imine (C=N–C) groups is 1. The molecule has 0 amide bonds. The summed E-state index contributed by atoms with van der Waals surface area (Å²) in [6.07, 6.45) is 4.91. The first-order valence-corrected chi connectivity index (χ1v) is 11.0. The normalized spacial score (nSPS) is 17.2. The standard InChI is InChI=1S/C22H26ClN5S/c1-22(2,3)11-13-27-17-8-5-7-15(23)19(17)26-21(27)28-12-10-16(25-20(28)24-4)18-9-6-14-29-18/h5-10,12,14,20,24H,11,13H2,1-4H3. The highest BCUT2D eigenvalue weighted by Gasteiger charge is 2.26. The van der Waals surface area contributed by atoms with Crippen molar-refractivity contribution in [3.05, 3.63) is 57.9 Å². The second-order valence-corrected chi connectivity index (χ2v) is 9.71. The van der Waals surface area contributed by atoms with E-state index in [0.717, 1.165) is 40.5 Å². The number of imidazole rings is 1. The molecule has 29 heavy (non-hydrogen) atoms. The molecule has 0 spiro atoms. The quantitative estimate of drug-likeness (QED) is 0.583. The van der Waals surface area contributed by atoms with Crippen molar-refractivity contribution in [2.45, 2.75) is 40.0 Å². The number of fused-ring (bicyclic) bond motifs is 1. The number of allylic oxidation sites excluding steroid dienone is 1. The third-order valence-corrected chi connectivity index (χ3v) is 6.17. The van der Waals surface area contributed by atoms with Crippen LogP contribution in [-0.4, -0.2) is 28.6 Å². The van der Waals surface area contributed by atoms with E-state index >= 15 is 0 Å². The van der Waals surface area contributed by atoms with Crippen LogP contribution < -0.4 is 10.2 Å². The van der Waals surface area contributed by atoms with Crippen LogP contribution in [0.15, 0.2) is 53.0 Å². The molecule has 5 nitrogen and oxygen atoms in total. The van der Waals surface area contributed by atoms with Gasteiger partial charge >= 0.3 is 0 Å². The van der Waals surface area contributed by atoms with Gasteiger partial charge in [0.05, 0.1) is 21.1 Å². The maximum absolute atomic E-state index is 6.48. The van der Waals surface area contributed by atoms with Crippen molar-refractivity contribution in [2.24, 2.45) is 10.4 Å². The van der Waals surface area contributed by atoms with Crippen LogP contribution in [0.25, 0.3) is 11.0 Å². The first kappa shape index (κ1) is 20.1. The Morgan fingerprint density at radius 1 is 1.21 bits per heavy atom. The van der Waals surface area contributed by atoms with Crippen molar-refractivity contribution in [2.75, 3.05) is 11.9 Å². The Bertz CT molecular complexity index is 1060. The molecular formula is C22H26ClN5S. The van der Waals surface area contributed by atoms with Gasteiger partial charge in [0.1, 0.15) is 5.52 Å². The Morgan fingerprint density at radius 2 is 2.03 bits per heavy atom. The molecular weight excluding hydrogens is 402 g/mol. The summed E-state index contributed by atoms with van der Waals surface area (Å²) in [6.45, 7) is 7.63. The van der Waals surface area contributed by atoms with Crippen molar-refractivity contribution in [3.8, 4) is 0 Å². The van der Waals surface area contributed by atoms with E-state index in [4.69, 9.17) is 21.6 Å². The summed E-state index contributed by atoms with van der Waals surface area (Å²) in [4.78, 5) is 13.1. The number of benzene rings is 1. The molecule has 4 rings (SSSR count). The summed E-state index contributed by atoms with van der Waals surface area (Å²) in [7, 11) is 1.92. The van der Waals surface area contributed by atoms with Crippen LogP contribution in [0.1, 0.15) is 32.1 Å². The monoisotopic (exact) mass is 427 g/mol. The summed E-state index contributed by atoms with van der Waals surface area (Å²) >= 11 is 8.17. The van der Waals surface area contributed by atoms with Gasteiger partial charge in [-0.25, -0.2) is 9.98 Å². The number of hydrogen-bond acceptors (Lipinski definition) is 5. The minimum atomic E-state index is -0.235. The van der Waals surface area contributed by atoms with Crippen molar-refractivity contribution in [3.63, 3.8) is 0 Å². The van der Waals surface area contributed by atoms with Crippen molar-refractivity contribution in [1.29, 1.82) is 0 Å². The lowest BCUT2D eigenvalue weighted by Crippen LogP contribution is -2.43. The average Bonchev–Trinajstić information content (AvgIpc) is 3.34. The molecule has 0 aliphatic carbocycles. The SMILES string of the molecule is CNC1N=C(c2cccs2)C=CN1c1nc2c(Cl)cccc2n1CCC(C)(C)C. The topological polar surface area (TPSA) is 45.5 Å². The van der Waals surface area contributed by atoms with E-state index in [1.54, 1.807) is 11.3 Å². The average molecular weight is 428 g/mol. The van der Waals surface area contributed by atoms with Gasteiger partial charge in [0.15, 0.2) is 6.29 Å². The van der Waals surface area contributed by atoms with E-state index < -0.39 is 0 Å². The van der Waals surface area contributed by atoms with Crippen LogP contribution in [0.5, 0.6) is 0 Å². The molecule has 2 aromatic heterocycles. The Labute approximate surface area is 180 Å². The molecule has 1 aliphatic rings. The first-order chi connectivity index (χ1) is 13.9. The fraction of sp³-hybridized carbons (Fsp3) is 0.364. The third-order valence-electron chi connectivity index (χ3n) is 4.98. The highest BCUT2D eigenvalue weighted by Crippen LogP contribution is 2.32. The number of nitrogens with one attached hydrogen (secondary N) is 1. The molecule has 0 fully saturated rings. The largest absolute Gasteiger partial charge is 0.310 e. The lowest BCUT2D eigenvalue weighted by atomic mass is 9.92. The molecule has 152 valence electrons. The van der Waals surface area contributed by atoms with Crippen LogP contribution >= 0.6 is 22.9 Å². The van der Waals surface area contributed by atoms with Crippen LogP contribution in [0.4, 0.5) is 5.95 Å². The Morgan fingerprint density at radius 3 is 2.72 bits per heavy atom. The molecule has 1 aliphatic heterocycles. The second-order valence-electron chi connectivity index (χ2n) is 8.36. The van der Waals surface area contributed by atoms with E-state index in [-0.39, 0.29) is 11.7 Å². The number of aryl methyl sites for hydroxylation is 1. The number of halogens is 1. The zero-order chi connectivity index (χ0) is 20.6. The van der Waals surface area contributed by atoms with Crippen LogP contribution in [0.3, 0.4) is 0 Å². The molecule has 0 saturated carbocycles. The number of nitrogens with zero attached hydrogens (tertiary/aromatic N) is 4. The molecule has 1 unspecified atom stereocenters. The van der Waals surface area contributed by atoms with Crippen molar-refractivity contribution < 1.29 is 0 Å². The molecule has 0 radical (unpaired) electrons. The molecule has 1 N–H and O–H groups in total. The van der Waals surface area contributed by atoms with E-state index in [2.05, 4.69) is 65.3 Å². The second kappa shape index (κ2) is 7.94. The number of thiophene rings is 1. The number of anilines is 1. The van der Waals surface area contributed by atoms with E-state index in [0.29, 0.717) is 5.02 Å². The zero-order valence-electron chi connectivity index (χ0n) is 17.2. The Balaban J connectivity index is 1.76. The highest BCUT2D eigenvalue weighted by molar-refractivity contribution is 7.12. The number of para-hydroxylation sites is 1. The zero-order valence-corrected chi connectivity index (χ0v) is 18.8. The van der Waals surface area contributed by atoms with Crippen molar-refractivity contribution in [1.82, 2.24) is 14.9 Å². The lowest BCUT2D eigenvalue weighted by Gasteiger charge is -2.30. The van der Waals surface area contributed by atoms with Gasteiger partial charge in [-0.15, -0.1) is 11.3 Å². The molecule has 7 heteroatoms. The predicted octanol–water partition coefficient (Wildman–Crippen LogP) is 5.51. The number of rotatable bonds is 5. The molecule has 1 aromatic carbocycles. The van der Waals surface area contributed by atoms with Gasteiger partial charge in [0.2, 0.25) is 5.95 Å². The van der Waals surface area contributed by atoms with Gasteiger partial charge in [0, 0.05) is 12.7 Å². The Hall–Kier alpha value is -2.15. The van der Waals surface area contributed by atoms with Gasteiger partial charge in [0.25, 0.3) is 0 Å². The van der Waals surface area contributed by atoms with Crippen LogP contribution in [0.2, 0.25) is 5.02 Å². The lowest BCUT2D eigenvalue weighted by molar-refractivity contribution is 0.352. The number of aromatic nitrogens is 2. The van der Waals surface area contributed by atoms with E-state index in [1.165, 1.54) is 0 Å². The predicted molar refractivity (Wildman–Crippen MR) is 124 cm³/mol.